The number of fused-ring (bicyclic) bond motifs is 2. The standard InChI is InChI=1S/C34H22F3N5O/c35-34(36,37)23-10-12-24(13-11-23)39-40-25-14-16-26(17-15-25)41-42-32-19-18-31(28-7-3-4-8-29(28)32)38-21-30-27-6-2-1-5-22(27)9-20-33(30)43/h1-21,43H. The molecule has 6 rings (SSSR count). The summed E-state index contributed by atoms with van der Waals surface area (Å²) in [5.41, 5.74) is 2.71. The molecule has 0 aliphatic heterocycles. The molecule has 210 valence electrons. The third kappa shape index (κ3) is 6.15. The van der Waals surface area contributed by atoms with E-state index in [-0.39, 0.29) is 5.75 Å². The van der Waals surface area contributed by atoms with Gasteiger partial charge in [0.15, 0.2) is 0 Å². The van der Waals surface area contributed by atoms with Crippen molar-refractivity contribution in [2.45, 2.75) is 6.18 Å². The third-order valence-corrected chi connectivity index (χ3v) is 6.76. The van der Waals surface area contributed by atoms with Gasteiger partial charge in [-0.05, 0) is 77.5 Å². The fourth-order valence-corrected chi connectivity index (χ4v) is 4.55. The Labute approximate surface area is 244 Å². The molecule has 6 aromatic carbocycles. The summed E-state index contributed by atoms with van der Waals surface area (Å²) in [6.45, 7) is 0. The first-order chi connectivity index (χ1) is 20.8. The van der Waals surface area contributed by atoms with Crippen LogP contribution in [0.4, 0.5) is 41.6 Å². The molecule has 0 saturated carbocycles. The van der Waals surface area contributed by atoms with Crippen LogP contribution < -0.4 is 0 Å². The molecule has 0 amide bonds. The van der Waals surface area contributed by atoms with E-state index in [1.54, 1.807) is 36.5 Å². The Morgan fingerprint density at radius 1 is 0.512 bits per heavy atom. The van der Waals surface area contributed by atoms with Crippen molar-refractivity contribution in [3.63, 3.8) is 0 Å². The molecule has 0 saturated heterocycles. The zero-order chi connectivity index (χ0) is 29.8. The predicted molar refractivity (Wildman–Crippen MR) is 163 cm³/mol. The van der Waals surface area contributed by atoms with Crippen molar-refractivity contribution in [3.05, 3.63) is 132 Å². The summed E-state index contributed by atoms with van der Waals surface area (Å²) in [5.74, 6) is 0.157. The number of aliphatic imine (C=N–C) groups is 1. The summed E-state index contributed by atoms with van der Waals surface area (Å²) >= 11 is 0. The molecule has 0 fully saturated rings. The molecule has 6 nitrogen and oxygen atoms in total. The molecule has 0 aromatic heterocycles. The van der Waals surface area contributed by atoms with Gasteiger partial charge < -0.3 is 5.11 Å². The molecule has 0 aliphatic rings. The average molecular weight is 574 g/mol. The maximum Gasteiger partial charge on any atom is 0.416 e. The second-order valence-corrected chi connectivity index (χ2v) is 9.59. The van der Waals surface area contributed by atoms with Gasteiger partial charge in [0.2, 0.25) is 0 Å². The van der Waals surface area contributed by atoms with Gasteiger partial charge >= 0.3 is 6.18 Å². The molecule has 1 N–H and O–H groups in total. The molecule has 0 aliphatic carbocycles. The van der Waals surface area contributed by atoms with Crippen LogP contribution in [0.15, 0.2) is 147 Å². The van der Waals surface area contributed by atoms with Gasteiger partial charge in [0.1, 0.15) is 5.75 Å². The molecule has 9 heteroatoms. The van der Waals surface area contributed by atoms with Gasteiger partial charge in [-0.3, -0.25) is 4.99 Å². The fourth-order valence-electron chi connectivity index (χ4n) is 4.55. The molecule has 0 atom stereocenters. The molecular weight excluding hydrogens is 551 g/mol. The minimum Gasteiger partial charge on any atom is -0.507 e. The summed E-state index contributed by atoms with van der Waals surface area (Å²) in [6.07, 6.45) is -2.72. The van der Waals surface area contributed by atoms with Crippen molar-refractivity contribution >= 4 is 56.2 Å². The first kappa shape index (κ1) is 27.5. The van der Waals surface area contributed by atoms with E-state index in [9.17, 15) is 18.3 Å². The number of azo groups is 2. The van der Waals surface area contributed by atoms with Crippen LogP contribution in [-0.4, -0.2) is 11.3 Å². The molecule has 0 heterocycles. The van der Waals surface area contributed by atoms with Crippen LogP contribution in [-0.2, 0) is 6.18 Å². The van der Waals surface area contributed by atoms with Gasteiger partial charge in [-0.2, -0.15) is 28.5 Å². The van der Waals surface area contributed by atoms with E-state index in [0.717, 1.165) is 39.4 Å². The highest BCUT2D eigenvalue weighted by Gasteiger charge is 2.29. The highest BCUT2D eigenvalue weighted by molar-refractivity contribution is 6.05. The quantitative estimate of drug-likeness (QED) is 0.156. The topological polar surface area (TPSA) is 82.0 Å². The van der Waals surface area contributed by atoms with Crippen LogP contribution in [0.3, 0.4) is 0 Å². The van der Waals surface area contributed by atoms with Crippen LogP contribution in [0, 0.1) is 0 Å². The molecule has 0 spiro atoms. The van der Waals surface area contributed by atoms with Crippen LogP contribution >= 0.6 is 0 Å². The highest BCUT2D eigenvalue weighted by Crippen LogP contribution is 2.35. The van der Waals surface area contributed by atoms with E-state index < -0.39 is 11.7 Å². The summed E-state index contributed by atoms with van der Waals surface area (Å²) in [7, 11) is 0. The smallest absolute Gasteiger partial charge is 0.416 e. The monoisotopic (exact) mass is 573 g/mol. The van der Waals surface area contributed by atoms with Crippen molar-refractivity contribution in [2.75, 3.05) is 0 Å². The number of aromatic hydroxyl groups is 1. The van der Waals surface area contributed by atoms with Crippen LogP contribution in [0.2, 0.25) is 0 Å². The number of hydrogen-bond donors (Lipinski definition) is 1. The van der Waals surface area contributed by atoms with E-state index in [2.05, 4.69) is 20.5 Å². The van der Waals surface area contributed by atoms with Gasteiger partial charge in [-0.25, -0.2) is 0 Å². The molecule has 43 heavy (non-hydrogen) atoms. The number of benzene rings is 6. The Balaban J connectivity index is 1.21. The van der Waals surface area contributed by atoms with Gasteiger partial charge in [0.05, 0.1) is 34.0 Å². The Morgan fingerprint density at radius 3 is 1.65 bits per heavy atom. The molecule has 0 unspecified atom stereocenters. The number of rotatable bonds is 6. The first-order valence-corrected chi connectivity index (χ1v) is 13.2. The Kier molecular flexibility index (Phi) is 7.44. The SMILES string of the molecule is Oc1ccc2ccccc2c1C=Nc1ccc(N=Nc2ccc(N=Nc3ccc(C(F)(F)F)cc3)cc2)c2ccccc12. The number of hydrogen-bond acceptors (Lipinski definition) is 6. The van der Waals surface area contributed by atoms with Crippen molar-refractivity contribution in [1.82, 2.24) is 0 Å². The lowest BCUT2D eigenvalue weighted by atomic mass is 10.0. The molecule has 0 bridgehead atoms. The lowest BCUT2D eigenvalue weighted by Gasteiger charge is -2.07. The minimum atomic E-state index is -4.40. The second kappa shape index (κ2) is 11.7. The number of halogens is 3. The second-order valence-electron chi connectivity index (χ2n) is 9.59. The Morgan fingerprint density at radius 2 is 1.02 bits per heavy atom. The number of nitrogens with zero attached hydrogens (tertiary/aromatic N) is 5. The van der Waals surface area contributed by atoms with Crippen molar-refractivity contribution in [2.24, 2.45) is 25.4 Å². The Bertz CT molecular complexity index is 2020. The number of alkyl halides is 3. The third-order valence-electron chi connectivity index (χ3n) is 6.76. The predicted octanol–water partition coefficient (Wildman–Crippen LogP) is 11.3. The van der Waals surface area contributed by atoms with Crippen molar-refractivity contribution in [1.29, 1.82) is 0 Å². The average Bonchev–Trinajstić information content (AvgIpc) is 3.03. The zero-order valence-corrected chi connectivity index (χ0v) is 22.4. The first-order valence-electron chi connectivity index (χ1n) is 13.2. The maximum atomic E-state index is 12.7. The number of phenolic OH excluding ortho intramolecular Hbond substituents is 1. The van der Waals surface area contributed by atoms with Crippen LogP contribution in [0.25, 0.3) is 21.5 Å². The molecular formula is C34H22F3N5O. The number of phenols is 1. The van der Waals surface area contributed by atoms with Gasteiger partial charge in [0, 0.05) is 22.6 Å². The molecule has 0 radical (unpaired) electrons. The Hall–Kier alpha value is -5.70. The van der Waals surface area contributed by atoms with E-state index in [4.69, 9.17) is 4.99 Å². The van der Waals surface area contributed by atoms with Crippen LogP contribution in [0.1, 0.15) is 11.1 Å². The van der Waals surface area contributed by atoms with E-state index >= 15 is 0 Å². The van der Waals surface area contributed by atoms with Crippen LogP contribution in [0.5, 0.6) is 5.75 Å². The zero-order valence-electron chi connectivity index (χ0n) is 22.4. The lowest BCUT2D eigenvalue weighted by Crippen LogP contribution is -2.03. The van der Waals surface area contributed by atoms with E-state index in [1.165, 1.54) is 12.1 Å². The van der Waals surface area contributed by atoms with Crippen molar-refractivity contribution < 1.29 is 18.3 Å². The largest absolute Gasteiger partial charge is 0.507 e. The molecule has 6 aromatic rings. The summed E-state index contributed by atoms with van der Waals surface area (Å²) in [5, 5.41) is 31.1. The van der Waals surface area contributed by atoms with Crippen molar-refractivity contribution in [3.8, 4) is 5.75 Å². The van der Waals surface area contributed by atoms with E-state index in [0.29, 0.717) is 28.3 Å². The van der Waals surface area contributed by atoms with Gasteiger partial charge in [-0.15, -0.1) is 5.11 Å². The van der Waals surface area contributed by atoms with Gasteiger partial charge in [-0.1, -0.05) is 54.6 Å². The fraction of sp³-hybridized carbons (Fsp3) is 0.0294. The van der Waals surface area contributed by atoms with E-state index in [1.807, 2.05) is 66.7 Å². The summed E-state index contributed by atoms with van der Waals surface area (Å²) < 4.78 is 38.2. The minimum absolute atomic E-state index is 0.157. The lowest BCUT2D eigenvalue weighted by molar-refractivity contribution is -0.137. The summed E-state index contributed by atoms with van der Waals surface area (Å²) in [6, 6.07) is 34.1. The van der Waals surface area contributed by atoms with Gasteiger partial charge in [0.25, 0.3) is 0 Å². The summed E-state index contributed by atoms with van der Waals surface area (Å²) in [4.78, 5) is 4.71. The maximum absolute atomic E-state index is 12.7. The normalized spacial score (nSPS) is 12.3. The highest BCUT2D eigenvalue weighted by atomic mass is 19.4.